The number of ether oxygens (including phenoxy) is 2. The predicted molar refractivity (Wildman–Crippen MR) is 88.0 cm³/mol. The van der Waals surface area contributed by atoms with E-state index in [9.17, 15) is 9.59 Å². The second-order valence-corrected chi connectivity index (χ2v) is 6.52. The highest BCUT2D eigenvalue weighted by atomic mass is 16.5. The van der Waals surface area contributed by atoms with Crippen LogP contribution in [0.5, 0.6) is 5.75 Å². The third-order valence-corrected chi connectivity index (χ3v) is 4.71. The van der Waals surface area contributed by atoms with Crippen LogP contribution in [-0.4, -0.2) is 36.3 Å². The minimum Gasteiger partial charge on any atom is -0.488 e. The molecule has 2 fully saturated rings. The minimum absolute atomic E-state index is 0.0978. The van der Waals surface area contributed by atoms with Crippen molar-refractivity contribution in [3.05, 3.63) is 24.3 Å². The summed E-state index contributed by atoms with van der Waals surface area (Å²) >= 11 is 0. The highest BCUT2D eigenvalue weighted by Crippen LogP contribution is 2.30. The van der Waals surface area contributed by atoms with Gasteiger partial charge in [0.05, 0.1) is 19.1 Å². The van der Waals surface area contributed by atoms with Gasteiger partial charge < -0.3 is 19.9 Å². The molecule has 24 heavy (non-hydrogen) atoms. The van der Waals surface area contributed by atoms with Crippen molar-refractivity contribution in [3.63, 3.8) is 0 Å². The first-order valence-electron chi connectivity index (χ1n) is 8.50. The van der Waals surface area contributed by atoms with Crippen LogP contribution in [0.4, 0.5) is 5.69 Å². The molecular weight excluding hydrogens is 310 g/mol. The monoisotopic (exact) mass is 333 g/mol. The lowest BCUT2D eigenvalue weighted by Gasteiger charge is -2.25. The SMILES string of the molecule is O=C(O)C1CCCC(C(=O)Nc2ccc(OC3CCOC3)cc2)C1. The second kappa shape index (κ2) is 7.66. The van der Waals surface area contributed by atoms with Crippen molar-refractivity contribution in [2.75, 3.05) is 18.5 Å². The maximum atomic E-state index is 12.3. The Morgan fingerprint density at radius 2 is 1.88 bits per heavy atom. The van der Waals surface area contributed by atoms with E-state index in [0.29, 0.717) is 25.1 Å². The van der Waals surface area contributed by atoms with Gasteiger partial charge in [0.25, 0.3) is 0 Å². The number of amides is 1. The number of carboxylic acid groups (broad SMARTS) is 1. The molecule has 2 N–H and O–H groups in total. The minimum atomic E-state index is -0.801. The maximum Gasteiger partial charge on any atom is 0.306 e. The molecule has 0 spiro atoms. The van der Waals surface area contributed by atoms with Gasteiger partial charge in [-0.2, -0.15) is 0 Å². The molecule has 1 aromatic carbocycles. The lowest BCUT2D eigenvalue weighted by atomic mass is 9.81. The van der Waals surface area contributed by atoms with Crippen LogP contribution in [0, 0.1) is 11.8 Å². The number of carboxylic acids is 1. The van der Waals surface area contributed by atoms with Crippen molar-refractivity contribution in [3.8, 4) is 5.75 Å². The molecule has 130 valence electrons. The lowest BCUT2D eigenvalue weighted by Crippen LogP contribution is -2.30. The number of rotatable bonds is 5. The average molecular weight is 333 g/mol. The Kier molecular flexibility index (Phi) is 5.35. The van der Waals surface area contributed by atoms with Crippen LogP contribution in [0.25, 0.3) is 0 Å². The molecule has 2 aliphatic rings. The summed E-state index contributed by atoms with van der Waals surface area (Å²) in [5.74, 6) is -0.777. The van der Waals surface area contributed by atoms with Crippen LogP contribution in [0.2, 0.25) is 0 Å². The first kappa shape index (κ1) is 16.8. The molecule has 3 atom stereocenters. The molecule has 3 rings (SSSR count). The Balaban J connectivity index is 1.53. The molecule has 6 nitrogen and oxygen atoms in total. The summed E-state index contributed by atoms with van der Waals surface area (Å²) in [5.41, 5.74) is 0.701. The first-order chi connectivity index (χ1) is 11.6. The zero-order chi connectivity index (χ0) is 16.9. The van der Waals surface area contributed by atoms with Gasteiger partial charge in [-0.25, -0.2) is 0 Å². The molecule has 1 amide bonds. The van der Waals surface area contributed by atoms with Crippen LogP contribution >= 0.6 is 0 Å². The number of benzene rings is 1. The van der Waals surface area contributed by atoms with E-state index in [2.05, 4.69) is 5.32 Å². The van der Waals surface area contributed by atoms with Crippen LogP contribution in [0.1, 0.15) is 32.1 Å². The van der Waals surface area contributed by atoms with Gasteiger partial charge in [-0.1, -0.05) is 6.42 Å². The molecule has 3 unspecified atom stereocenters. The summed E-state index contributed by atoms with van der Waals surface area (Å²) in [6.07, 6.45) is 3.61. The van der Waals surface area contributed by atoms with Gasteiger partial charge in [0.15, 0.2) is 0 Å². The van der Waals surface area contributed by atoms with Gasteiger partial charge in [-0.3, -0.25) is 9.59 Å². The smallest absolute Gasteiger partial charge is 0.306 e. The van der Waals surface area contributed by atoms with E-state index in [-0.39, 0.29) is 17.9 Å². The summed E-state index contributed by atoms with van der Waals surface area (Å²) < 4.78 is 11.1. The molecule has 0 aromatic heterocycles. The standard InChI is InChI=1S/C18H23NO5/c20-17(12-2-1-3-13(10-12)18(21)22)19-14-4-6-15(7-5-14)24-16-8-9-23-11-16/h4-7,12-13,16H,1-3,8-11H2,(H,19,20)(H,21,22). The summed E-state index contributed by atoms with van der Waals surface area (Å²) in [6.45, 7) is 1.35. The van der Waals surface area contributed by atoms with E-state index in [1.54, 1.807) is 12.1 Å². The van der Waals surface area contributed by atoms with Crippen molar-refractivity contribution in [2.24, 2.45) is 11.8 Å². The number of carbonyl (C=O) groups excluding carboxylic acids is 1. The van der Waals surface area contributed by atoms with Gasteiger partial charge in [-0.05, 0) is 43.5 Å². The highest BCUT2D eigenvalue weighted by Gasteiger charge is 2.31. The van der Waals surface area contributed by atoms with E-state index in [4.69, 9.17) is 14.6 Å². The molecule has 1 saturated heterocycles. The fraction of sp³-hybridized carbons (Fsp3) is 0.556. The van der Waals surface area contributed by atoms with Crippen LogP contribution in [0.3, 0.4) is 0 Å². The number of aliphatic carboxylic acids is 1. The Bertz CT molecular complexity index is 580. The molecule has 0 bridgehead atoms. The quantitative estimate of drug-likeness (QED) is 0.865. The molecule has 1 aliphatic heterocycles. The fourth-order valence-electron chi connectivity index (χ4n) is 3.31. The highest BCUT2D eigenvalue weighted by molar-refractivity contribution is 5.93. The van der Waals surface area contributed by atoms with Crippen LogP contribution in [0.15, 0.2) is 24.3 Å². The number of anilines is 1. The molecule has 1 saturated carbocycles. The number of nitrogens with one attached hydrogen (secondary N) is 1. The Labute approximate surface area is 141 Å². The lowest BCUT2D eigenvalue weighted by molar-refractivity contribution is -0.143. The van der Waals surface area contributed by atoms with E-state index in [1.165, 1.54) is 0 Å². The van der Waals surface area contributed by atoms with E-state index in [1.807, 2.05) is 12.1 Å². The average Bonchev–Trinajstić information content (AvgIpc) is 3.10. The maximum absolute atomic E-state index is 12.3. The summed E-state index contributed by atoms with van der Waals surface area (Å²) in [7, 11) is 0. The van der Waals surface area contributed by atoms with Crippen molar-refractivity contribution in [1.82, 2.24) is 0 Å². The Hall–Kier alpha value is -2.08. The Morgan fingerprint density at radius 1 is 1.12 bits per heavy atom. The summed E-state index contributed by atoms with van der Waals surface area (Å²) in [6, 6.07) is 7.27. The van der Waals surface area contributed by atoms with Crippen molar-refractivity contribution in [1.29, 1.82) is 0 Å². The Morgan fingerprint density at radius 3 is 2.54 bits per heavy atom. The molecular formula is C18H23NO5. The second-order valence-electron chi connectivity index (χ2n) is 6.52. The molecule has 1 aromatic rings. The number of hydrogen-bond acceptors (Lipinski definition) is 4. The van der Waals surface area contributed by atoms with Crippen molar-refractivity contribution >= 4 is 17.6 Å². The van der Waals surface area contributed by atoms with Crippen LogP contribution in [-0.2, 0) is 14.3 Å². The van der Waals surface area contributed by atoms with Gasteiger partial charge in [0.2, 0.25) is 5.91 Å². The van der Waals surface area contributed by atoms with Crippen molar-refractivity contribution < 1.29 is 24.2 Å². The molecule has 1 heterocycles. The summed E-state index contributed by atoms with van der Waals surface area (Å²) in [5, 5.41) is 12.0. The van der Waals surface area contributed by atoms with E-state index < -0.39 is 11.9 Å². The fourth-order valence-corrected chi connectivity index (χ4v) is 3.31. The number of hydrogen-bond donors (Lipinski definition) is 2. The van der Waals surface area contributed by atoms with Gasteiger partial charge in [0.1, 0.15) is 11.9 Å². The van der Waals surface area contributed by atoms with E-state index in [0.717, 1.165) is 31.6 Å². The zero-order valence-corrected chi connectivity index (χ0v) is 13.6. The third kappa shape index (κ3) is 4.26. The number of carbonyl (C=O) groups is 2. The third-order valence-electron chi connectivity index (χ3n) is 4.71. The topological polar surface area (TPSA) is 84.9 Å². The van der Waals surface area contributed by atoms with Crippen molar-refractivity contribution in [2.45, 2.75) is 38.2 Å². The molecule has 6 heteroatoms. The normalized spacial score (nSPS) is 26.8. The largest absolute Gasteiger partial charge is 0.488 e. The molecule has 0 radical (unpaired) electrons. The van der Waals surface area contributed by atoms with Gasteiger partial charge in [0, 0.05) is 18.0 Å². The summed E-state index contributed by atoms with van der Waals surface area (Å²) in [4.78, 5) is 23.5. The zero-order valence-electron chi connectivity index (χ0n) is 13.6. The first-order valence-corrected chi connectivity index (χ1v) is 8.50. The van der Waals surface area contributed by atoms with E-state index >= 15 is 0 Å². The van der Waals surface area contributed by atoms with Crippen LogP contribution < -0.4 is 10.1 Å². The molecule has 1 aliphatic carbocycles. The van der Waals surface area contributed by atoms with Gasteiger partial charge >= 0.3 is 5.97 Å². The van der Waals surface area contributed by atoms with Gasteiger partial charge in [-0.15, -0.1) is 0 Å². The predicted octanol–water partition coefficient (Wildman–Crippen LogP) is 2.68.